The maximum absolute atomic E-state index is 13.9. The first-order valence-electron chi connectivity index (χ1n) is 29.1. The number of methoxy groups -OCH3 is 3. The lowest BCUT2D eigenvalue weighted by molar-refractivity contribution is 0.205. The molecule has 0 unspecified atom stereocenters. The van der Waals surface area contributed by atoms with Crippen LogP contribution in [0.3, 0.4) is 0 Å². The average Bonchev–Trinajstić information content (AvgIpc) is 0.888. The number of sulfonamides is 2. The molecule has 6 aromatic heterocycles. The van der Waals surface area contributed by atoms with Crippen LogP contribution in [0.15, 0.2) is 107 Å². The fourth-order valence-electron chi connectivity index (χ4n) is 9.79. The molecule has 8 aromatic rings. The van der Waals surface area contributed by atoms with E-state index in [9.17, 15) is 44.0 Å². The quantitative estimate of drug-likeness (QED) is 0.0539. The summed E-state index contributed by atoms with van der Waals surface area (Å²) in [5, 5.41) is 37.3. The summed E-state index contributed by atoms with van der Waals surface area (Å²) in [6.45, 7) is 1.88. The van der Waals surface area contributed by atoms with Gasteiger partial charge >= 0.3 is 29.1 Å². The van der Waals surface area contributed by atoms with E-state index in [1.165, 1.54) is 85.1 Å². The molecule has 0 atom stereocenters. The van der Waals surface area contributed by atoms with Crippen LogP contribution >= 0.6 is 23.4 Å². The second-order valence-electron chi connectivity index (χ2n) is 20.5. The van der Waals surface area contributed by atoms with Crippen LogP contribution in [0, 0.1) is 23.3 Å². The molecule has 8 heterocycles. The molecule has 31 nitrogen and oxygen atoms in total. The lowest BCUT2D eigenvalue weighted by Crippen LogP contribution is -2.49. The van der Waals surface area contributed by atoms with Crippen molar-refractivity contribution in [1.29, 1.82) is 0 Å². The Kier molecular flexibility index (Phi) is 31.6. The summed E-state index contributed by atoms with van der Waals surface area (Å²) >= 11 is 7.03. The third kappa shape index (κ3) is 22.5. The smallest absolute Gasteiger partial charge is 0.335 e. The lowest BCUT2D eigenvalue weighted by atomic mass is 10.2. The zero-order valence-electron chi connectivity index (χ0n) is 51.6. The second kappa shape index (κ2) is 38.8. The Morgan fingerprint density at radius 1 is 0.510 bits per heavy atom. The predicted octanol–water partition coefficient (Wildman–Crippen LogP) is 6.42. The van der Waals surface area contributed by atoms with Crippen molar-refractivity contribution >= 4 is 54.8 Å². The van der Waals surface area contributed by atoms with E-state index in [2.05, 4.69) is 80.4 Å². The molecule has 2 aromatic carbocycles. The van der Waals surface area contributed by atoms with E-state index in [1.807, 2.05) is 16.1 Å². The number of alkyl halides is 1. The molecular weight excluding hydrogens is 1370 g/mol. The Hall–Kier alpha value is -8.98. The Bertz CT molecular complexity index is 3990. The topological polar surface area (TPSA) is 352 Å². The van der Waals surface area contributed by atoms with Crippen molar-refractivity contribution in [3.63, 3.8) is 0 Å². The van der Waals surface area contributed by atoms with E-state index in [4.69, 9.17) is 25.8 Å². The highest BCUT2D eigenvalue weighted by atomic mass is 35.5. The molecule has 12 rings (SSSR count). The summed E-state index contributed by atoms with van der Waals surface area (Å²) in [5.41, 5.74) is -0.349. The van der Waals surface area contributed by atoms with Crippen LogP contribution in [-0.4, -0.2) is 203 Å². The van der Waals surface area contributed by atoms with Crippen molar-refractivity contribution in [2.24, 2.45) is 0 Å². The van der Waals surface area contributed by atoms with Crippen LogP contribution in [0.1, 0.15) is 79.3 Å². The van der Waals surface area contributed by atoms with Crippen molar-refractivity contribution in [3.05, 3.63) is 142 Å². The largest absolute Gasteiger partial charge is 0.483 e. The lowest BCUT2D eigenvalue weighted by Gasteiger charge is -2.35. The fourth-order valence-corrected chi connectivity index (χ4v) is 12.8. The van der Waals surface area contributed by atoms with Gasteiger partial charge in [-0.05, 0) is 81.9 Å². The first kappa shape index (κ1) is 79.7. The monoisotopic (exact) mass is 1450 g/mol. The van der Waals surface area contributed by atoms with Crippen molar-refractivity contribution < 1.29 is 58.1 Å². The van der Waals surface area contributed by atoms with Gasteiger partial charge in [0.2, 0.25) is 36.7 Å². The van der Waals surface area contributed by atoms with Gasteiger partial charge in [0, 0.05) is 64.5 Å². The molecule has 0 N–H and O–H groups in total. The molecule has 4 aliphatic rings. The van der Waals surface area contributed by atoms with Gasteiger partial charge in [-0.25, -0.2) is 49.3 Å². The van der Waals surface area contributed by atoms with Gasteiger partial charge in [-0.2, -0.15) is 53.6 Å². The molecule has 532 valence electrons. The minimum Gasteiger partial charge on any atom is -0.483 e. The number of aromatic nitrogens is 16. The van der Waals surface area contributed by atoms with E-state index in [0.717, 1.165) is 85.0 Å². The summed E-state index contributed by atoms with van der Waals surface area (Å²) < 4.78 is 136. The van der Waals surface area contributed by atoms with Gasteiger partial charge in [-0.15, -0.1) is 16.7 Å². The van der Waals surface area contributed by atoms with Crippen molar-refractivity contribution in [2.45, 2.75) is 96.8 Å². The summed E-state index contributed by atoms with van der Waals surface area (Å²) in [4.78, 5) is 45.8. The van der Waals surface area contributed by atoms with Gasteiger partial charge in [-0.1, -0.05) is 49.3 Å². The van der Waals surface area contributed by atoms with E-state index in [1.54, 1.807) is 12.4 Å². The highest BCUT2D eigenvalue weighted by Crippen LogP contribution is 2.33. The Morgan fingerprint density at radius 3 is 1.23 bits per heavy atom. The van der Waals surface area contributed by atoms with E-state index < -0.39 is 59.6 Å². The minimum atomic E-state index is -3.72. The van der Waals surface area contributed by atoms with Crippen LogP contribution in [0.2, 0.25) is 0 Å². The zero-order valence-corrected chi connectivity index (χ0v) is 54.8. The maximum Gasteiger partial charge on any atom is 0.335 e. The number of halogens is 5. The number of benzene rings is 2. The van der Waals surface area contributed by atoms with Crippen LogP contribution in [0.25, 0.3) is 11.4 Å². The molecule has 0 spiro atoms. The highest BCUT2D eigenvalue weighted by molar-refractivity contribution is 7.98. The highest BCUT2D eigenvalue weighted by Gasteiger charge is 2.33. The molecule has 98 heavy (non-hydrogen) atoms. The summed E-state index contributed by atoms with van der Waals surface area (Å²) in [5.74, 6) is -3.62. The van der Waals surface area contributed by atoms with Gasteiger partial charge in [0.1, 0.15) is 45.6 Å². The van der Waals surface area contributed by atoms with Crippen molar-refractivity contribution in [3.8, 4) is 40.9 Å². The van der Waals surface area contributed by atoms with E-state index in [-0.39, 0.29) is 114 Å². The number of ether oxygens (including phenoxy) is 5. The first-order chi connectivity index (χ1) is 45.8. The maximum atomic E-state index is 13.9. The Morgan fingerprint density at radius 2 is 0.898 bits per heavy atom. The minimum absolute atomic E-state index is 0. The van der Waals surface area contributed by atoms with Crippen LogP contribution in [0.4, 0.5) is 28.9 Å². The second-order valence-corrected chi connectivity index (χ2v) is 25.8. The molecule has 2 saturated carbocycles. The average molecular weight is 1450 g/mol. The third-order valence-corrected chi connectivity index (χ3v) is 18.9. The Labute approximate surface area is 573 Å². The number of rotatable bonds is 17. The third-order valence-electron chi connectivity index (χ3n) is 14.3. The number of thioether (sulfide) groups is 1. The number of hydrogen-bond donors (Lipinski definition) is 0. The van der Waals surface area contributed by atoms with Gasteiger partial charge in [0.05, 0.1) is 106 Å². The number of nitrogens with zero attached hydrogens (tertiary/aromatic N) is 20. The predicted molar refractivity (Wildman–Crippen MR) is 356 cm³/mol. The molecule has 2 aliphatic carbocycles. The molecule has 4 fully saturated rings. The molecule has 2 aliphatic heterocycles. The first-order valence-corrected chi connectivity index (χ1v) is 34.1. The molecule has 0 radical (unpaired) electrons. The van der Waals surface area contributed by atoms with Crippen LogP contribution in [-0.2, 0) is 25.8 Å². The standard InChI is InChI=1S/C24H27F2N7O5S.C20H23ClF2N4O4S.2C4H5N3O.C4H5N3S.3CH4/c1-37-24-29-18(13-27-30-24)15-39(35,36)32-8-6-31(7-9-32)21-14-28-33(19-11-16(25)10-17(26)12-19)23(34)22(21)38-20-4-2-3-5-20;21-13-32(29,30)26-7-5-25(6-8-26)18-12-24-27(16-10-14(22)9-15(23)11-16)20(28)19(18)31-17-3-1-2-4-17;3*1-8-4-5-2-3-6-7-4;;;/h10-14,20H,2-9,15H2,1H3;9-12,17H,1-8,13H2;3*2-3H,1H3;3*1H4. The van der Waals surface area contributed by atoms with Gasteiger partial charge < -0.3 is 33.5 Å². The Balaban J connectivity index is 0.000000259. The van der Waals surface area contributed by atoms with E-state index in [0.29, 0.717) is 53.8 Å². The summed E-state index contributed by atoms with van der Waals surface area (Å²) in [6, 6.07) is 6.08. The fraction of sp³-hybridized carbons (Fsp3) is 0.458. The van der Waals surface area contributed by atoms with Crippen LogP contribution in [0.5, 0.6) is 29.5 Å². The normalized spacial score (nSPS) is 14.9. The summed E-state index contributed by atoms with van der Waals surface area (Å²) in [6.07, 6.45) is 22.0. The molecule has 0 bridgehead atoms. The van der Waals surface area contributed by atoms with E-state index >= 15 is 0 Å². The van der Waals surface area contributed by atoms with Crippen molar-refractivity contribution in [1.82, 2.24) is 88.9 Å². The zero-order chi connectivity index (χ0) is 67.9. The molecule has 2 saturated heterocycles. The molecule has 0 amide bonds. The van der Waals surface area contributed by atoms with Gasteiger partial charge in [0.25, 0.3) is 0 Å². The summed E-state index contributed by atoms with van der Waals surface area (Å²) in [7, 11) is -2.89. The number of anilines is 2. The van der Waals surface area contributed by atoms with Gasteiger partial charge in [0.15, 0.2) is 0 Å². The van der Waals surface area contributed by atoms with Gasteiger partial charge in [-0.3, -0.25) is 9.59 Å². The van der Waals surface area contributed by atoms with Crippen molar-refractivity contribution in [2.75, 3.05) is 95.0 Å². The van der Waals surface area contributed by atoms with Crippen LogP contribution < -0.4 is 44.6 Å². The molecule has 39 heteroatoms. The molecular formula is C59H77ClF4N20O11S3. The SMILES string of the molecule is C.C.C.COc1nccnn1.COc1nccnn1.COc1nncc(CS(=O)(=O)N2CCN(c3cnn(-c4cc(F)cc(F)c4)c(=O)c3OC3CCCC3)CC2)n1.CSc1nccnn1.O=c1c(OC2CCCC2)c(N2CCN(S(=O)(=O)CCl)CC2)cnn1-c1cc(F)cc(F)c1. The number of piperazine rings is 2. The number of hydrogen-bond acceptors (Lipinski definition) is 28.